The fourth-order valence-electron chi connectivity index (χ4n) is 1.79. The van der Waals surface area contributed by atoms with Gasteiger partial charge in [-0.05, 0) is 32.4 Å². The molecule has 0 aliphatic heterocycles. The third-order valence-corrected chi connectivity index (χ3v) is 2.55. The fourth-order valence-corrected chi connectivity index (χ4v) is 1.79. The van der Waals surface area contributed by atoms with Crippen LogP contribution in [0, 0.1) is 6.92 Å². The van der Waals surface area contributed by atoms with E-state index in [1.165, 1.54) is 0 Å². The van der Waals surface area contributed by atoms with Gasteiger partial charge in [-0.1, -0.05) is 17.7 Å². The van der Waals surface area contributed by atoms with Crippen LogP contribution in [0.1, 0.15) is 25.0 Å². The molecule has 0 aliphatic carbocycles. The maximum atomic E-state index is 11.2. The predicted octanol–water partition coefficient (Wildman–Crippen LogP) is 2.42. The van der Waals surface area contributed by atoms with Crippen molar-refractivity contribution >= 4 is 5.97 Å². The first kappa shape index (κ1) is 14.5. The van der Waals surface area contributed by atoms with Crippen LogP contribution in [0.5, 0.6) is 5.75 Å². The maximum absolute atomic E-state index is 11.2. The van der Waals surface area contributed by atoms with Crippen molar-refractivity contribution in [1.82, 2.24) is 0 Å². The van der Waals surface area contributed by atoms with Crippen LogP contribution in [0.4, 0.5) is 0 Å². The van der Waals surface area contributed by atoms with E-state index >= 15 is 0 Å². The third-order valence-electron chi connectivity index (χ3n) is 2.55. The molecule has 4 heteroatoms. The fraction of sp³-hybridized carbons (Fsp3) is 0.500. The van der Waals surface area contributed by atoms with Crippen LogP contribution >= 0.6 is 0 Å². The van der Waals surface area contributed by atoms with Gasteiger partial charge in [0.05, 0.1) is 13.2 Å². The van der Waals surface area contributed by atoms with Gasteiger partial charge >= 0.3 is 5.97 Å². The number of carbonyl (C=O) groups is 1. The molecule has 0 aromatic heterocycles. The summed E-state index contributed by atoms with van der Waals surface area (Å²) in [6.45, 7) is 5.61. The quantitative estimate of drug-likeness (QED) is 0.844. The minimum Gasteiger partial charge on any atom is -0.496 e. The summed E-state index contributed by atoms with van der Waals surface area (Å²) >= 11 is 0. The number of aryl methyl sites for hydroxylation is 1. The van der Waals surface area contributed by atoms with Crippen LogP contribution in [0.25, 0.3) is 0 Å². The lowest BCUT2D eigenvalue weighted by Gasteiger charge is -2.18. The van der Waals surface area contributed by atoms with Crippen LogP contribution in [0.3, 0.4) is 0 Å². The minimum absolute atomic E-state index is 0.123. The molecule has 0 spiro atoms. The SMILES string of the molecule is COc1ccc(C)cc1C[C@H](OC(C)C)C(=O)O. The van der Waals surface area contributed by atoms with Crippen molar-refractivity contribution in [2.45, 2.75) is 39.4 Å². The number of aliphatic carboxylic acids is 1. The molecule has 0 radical (unpaired) electrons. The summed E-state index contributed by atoms with van der Waals surface area (Å²) in [5.74, 6) is -0.258. The molecule has 1 aromatic carbocycles. The second-order valence-electron chi connectivity index (χ2n) is 4.53. The van der Waals surface area contributed by atoms with Gasteiger partial charge in [0.2, 0.25) is 0 Å². The Bertz CT molecular complexity index is 412. The number of rotatable bonds is 6. The topological polar surface area (TPSA) is 55.8 Å². The summed E-state index contributed by atoms with van der Waals surface area (Å²) in [6, 6.07) is 5.71. The van der Waals surface area contributed by atoms with E-state index < -0.39 is 12.1 Å². The zero-order valence-electron chi connectivity index (χ0n) is 11.3. The van der Waals surface area contributed by atoms with Gasteiger partial charge in [-0.25, -0.2) is 4.79 Å². The third kappa shape index (κ3) is 4.04. The summed E-state index contributed by atoms with van der Waals surface area (Å²) in [6.07, 6.45) is -0.666. The predicted molar refractivity (Wildman–Crippen MR) is 69.1 cm³/mol. The van der Waals surface area contributed by atoms with E-state index in [0.29, 0.717) is 12.2 Å². The van der Waals surface area contributed by atoms with Crippen molar-refractivity contribution < 1.29 is 19.4 Å². The molecule has 0 heterocycles. The van der Waals surface area contributed by atoms with Gasteiger partial charge in [-0.2, -0.15) is 0 Å². The van der Waals surface area contributed by atoms with Gasteiger partial charge in [0.25, 0.3) is 0 Å². The van der Waals surface area contributed by atoms with Crippen molar-refractivity contribution in [3.05, 3.63) is 29.3 Å². The van der Waals surface area contributed by atoms with Crippen LogP contribution in [-0.2, 0) is 16.0 Å². The summed E-state index contributed by atoms with van der Waals surface area (Å²) in [5.41, 5.74) is 1.92. The first-order valence-electron chi connectivity index (χ1n) is 5.95. The van der Waals surface area contributed by atoms with Gasteiger partial charge in [0, 0.05) is 6.42 Å². The summed E-state index contributed by atoms with van der Waals surface area (Å²) < 4.78 is 10.6. The molecule has 18 heavy (non-hydrogen) atoms. The van der Waals surface area contributed by atoms with Crippen LogP contribution in [0.2, 0.25) is 0 Å². The zero-order chi connectivity index (χ0) is 13.7. The summed E-state index contributed by atoms with van der Waals surface area (Å²) in [5, 5.41) is 9.15. The molecule has 1 rings (SSSR count). The van der Waals surface area contributed by atoms with Gasteiger partial charge < -0.3 is 14.6 Å². The Labute approximate surface area is 108 Å². The Morgan fingerprint density at radius 3 is 2.56 bits per heavy atom. The number of benzene rings is 1. The van der Waals surface area contributed by atoms with Crippen molar-refractivity contribution in [1.29, 1.82) is 0 Å². The summed E-state index contributed by atoms with van der Waals surface area (Å²) in [4.78, 5) is 11.2. The lowest BCUT2D eigenvalue weighted by atomic mass is 10.0. The largest absolute Gasteiger partial charge is 0.496 e. The van der Waals surface area contributed by atoms with Crippen molar-refractivity contribution in [3.63, 3.8) is 0 Å². The first-order chi connectivity index (χ1) is 8.43. The molecule has 1 N–H and O–H groups in total. The Kier molecular flexibility index (Phi) is 5.16. The van der Waals surface area contributed by atoms with E-state index in [0.717, 1.165) is 11.1 Å². The van der Waals surface area contributed by atoms with E-state index in [1.807, 2.05) is 39.0 Å². The van der Waals surface area contributed by atoms with Gasteiger partial charge in [0.15, 0.2) is 6.10 Å². The van der Waals surface area contributed by atoms with Gasteiger partial charge in [-0.15, -0.1) is 0 Å². The molecule has 0 amide bonds. The van der Waals surface area contributed by atoms with Crippen molar-refractivity contribution in [2.24, 2.45) is 0 Å². The Morgan fingerprint density at radius 2 is 2.06 bits per heavy atom. The van der Waals surface area contributed by atoms with E-state index in [4.69, 9.17) is 14.6 Å². The first-order valence-corrected chi connectivity index (χ1v) is 5.95. The second-order valence-corrected chi connectivity index (χ2v) is 4.53. The molecule has 100 valence electrons. The average Bonchev–Trinajstić information content (AvgIpc) is 2.27. The standard InChI is InChI=1S/C14H20O4/c1-9(2)18-13(14(15)16)8-11-7-10(3)5-6-12(11)17-4/h5-7,9,13H,8H2,1-4H3,(H,15,16)/t13-/m0/s1. The number of methoxy groups -OCH3 is 1. The van der Waals surface area contributed by atoms with Crippen LogP contribution in [-0.4, -0.2) is 30.4 Å². The van der Waals surface area contributed by atoms with E-state index in [2.05, 4.69) is 0 Å². The van der Waals surface area contributed by atoms with Crippen molar-refractivity contribution in [3.8, 4) is 5.75 Å². The second kappa shape index (κ2) is 6.40. The number of carboxylic acids is 1. The average molecular weight is 252 g/mol. The van der Waals surface area contributed by atoms with Gasteiger partial charge in [-0.3, -0.25) is 0 Å². The minimum atomic E-state index is -0.952. The highest BCUT2D eigenvalue weighted by Crippen LogP contribution is 2.22. The van der Waals surface area contributed by atoms with E-state index in [-0.39, 0.29) is 6.10 Å². The number of ether oxygens (including phenoxy) is 2. The molecular weight excluding hydrogens is 232 g/mol. The number of hydrogen-bond donors (Lipinski definition) is 1. The molecule has 0 saturated heterocycles. The zero-order valence-corrected chi connectivity index (χ0v) is 11.3. The summed E-state index contributed by atoms with van der Waals surface area (Å²) in [7, 11) is 1.58. The number of carboxylic acid groups (broad SMARTS) is 1. The van der Waals surface area contributed by atoms with Gasteiger partial charge in [0.1, 0.15) is 5.75 Å². The molecule has 0 unspecified atom stereocenters. The van der Waals surface area contributed by atoms with Crippen LogP contribution < -0.4 is 4.74 Å². The smallest absolute Gasteiger partial charge is 0.333 e. The molecule has 1 aromatic rings. The normalized spacial score (nSPS) is 12.5. The van der Waals surface area contributed by atoms with Crippen molar-refractivity contribution in [2.75, 3.05) is 7.11 Å². The molecule has 1 atom stereocenters. The van der Waals surface area contributed by atoms with E-state index in [1.54, 1.807) is 7.11 Å². The Morgan fingerprint density at radius 1 is 1.39 bits per heavy atom. The maximum Gasteiger partial charge on any atom is 0.333 e. The monoisotopic (exact) mass is 252 g/mol. The highest BCUT2D eigenvalue weighted by molar-refractivity contribution is 5.73. The Hall–Kier alpha value is -1.55. The molecule has 0 fully saturated rings. The Balaban J connectivity index is 2.92. The lowest BCUT2D eigenvalue weighted by molar-refractivity contribution is -0.153. The molecule has 0 saturated carbocycles. The highest BCUT2D eigenvalue weighted by atomic mass is 16.5. The molecule has 0 bridgehead atoms. The van der Waals surface area contributed by atoms with Crippen LogP contribution in [0.15, 0.2) is 18.2 Å². The van der Waals surface area contributed by atoms with E-state index in [9.17, 15) is 4.79 Å². The molecule has 0 aliphatic rings. The molecular formula is C14H20O4. The lowest BCUT2D eigenvalue weighted by Crippen LogP contribution is -2.29. The highest BCUT2D eigenvalue weighted by Gasteiger charge is 2.21. The number of hydrogen-bond acceptors (Lipinski definition) is 3. The molecule has 4 nitrogen and oxygen atoms in total.